The van der Waals surface area contributed by atoms with Crippen molar-refractivity contribution in [3.05, 3.63) is 64.2 Å². The molecule has 1 aliphatic heterocycles. The fourth-order valence-electron chi connectivity index (χ4n) is 3.93. The molecule has 1 aliphatic rings. The van der Waals surface area contributed by atoms with Crippen LogP contribution < -0.4 is 5.32 Å². The van der Waals surface area contributed by atoms with E-state index in [0.717, 1.165) is 38.3 Å². The van der Waals surface area contributed by atoms with Gasteiger partial charge in [0.15, 0.2) is 0 Å². The van der Waals surface area contributed by atoms with Crippen LogP contribution >= 0.6 is 11.6 Å². The molecule has 0 bridgehead atoms. The second-order valence-corrected chi connectivity index (χ2v) is 10.7. The summed E-state index contributed by atoms with van der Waals surface area (Å²) in [6.07, 6.45) is 0. The summed E-state index contributed by atoms with van der Waals surface area (Å²) in [6.45, 7) is 9.71. The monoisotopic (exact) mass is 492 g/mol. The van der Waals surface area contributed by atoms with Crippen molar-refractivity contribution in [2.75, 3.05) is 46.3 Å². The highest BCUT2D eigenvalue weighted by Gasteiger charge is 2.24. The highest BCUT2D eigenvalue weighted by atomic mass is 35.5. The molecule has 0 saturated carbocycles. The van der Waals surface area contributed by atoms with Gasteiger partial charge in [0, 0.05) is 52.4 Å². The Morgan fingerprint density at radius 1 is 1.03 bits per heavy atom. The van der Waals surface area contributed by atoms with E-state index >= 15 is 0 Å². The number of nitrogens with one attached hydrogen (secondary N) is 1. The molecule has 0 unspecified atom stereocenters. The van der Waals surface area contributed by atoms with Crippen molar-refractivity contribution in [1.29, 1.82) is 0 Å². The summed E-state index contributed by atoms with van der Waals surface area (Å²) < 4.78 is 27.0. The number of likely N-dealkylation sites (N-methyl/N-ethyl adjacent to an activating group) is 1. The Morgan fingerprint density at radius 3 is 2.36 bits per heavy atom. The van der Waals surface area contributed by atoms with Crippen LogP contribution in [0.4, 0.5) is 0 Å². The molecule has 1 heterocycles. The summed E-state index contributed by atoms with van der Waals surface area (Å²) in [4.78, 5) is 17.7. The minimum absolute atomic E-state index is 0.0647. The number of rotatable bonds is 9. The molecular formula is C24H33ClN4O3S. The van der Waals surface area contributed by atoms with Crippen molar-refractivity contribution in [2.45, 2.75) is 31.8 Å². The van der Waals surface area contributed by atoms with Crippen molar-refractivity contribution >= 4 is 27.5 Å². The van der Waals surface area contributed by atoms with Crippen LogP contribution in [-0.2, 0) is 23.1 Å². The predicted molar refractivity (Wildman–Crippen MR) is 132 cm³/mol. The minimum atomic E-state index is -3.68. The normalized spacial score (nSPS) is 15.7. The number of benzene rings is 2. The molecule has 180 valence electrons. The molecule has 0 aliphatic carbocycles. The summed E-state index contributed by atoms with van der Waals surface area (Å²) in [5, 5.41) is 3.09. The lowest BCUT2D eigenvalue weighted by molar-refractivity contribution is 0.0951. The van der Waals surface area contributed by atoms with Gasteiger partial charge in [0.25, 0.3) is 5.91 Å². The molecule has 0 aromatic heterocycles. The number of nitrogens with zero attached hydrogens (tertiary/aromatic N) is 3. The largest absolute Gasteiger partial charge is 0.348 e. The molecule has 1 saturated heterocycles. The van der Waals surface area contributed by atoms with Gasteiger partial charge in [-0.25, -0.2) is 8.42 Å². The third-order valence-corrected chi connectivity index (χ3v) is 8.35. The molecule has 9 heteroatoms. The Labute approximate surface area is 202 Å². The van der Waals surface area contributed by atoms with E-state index in [-0.39, 0.29) is 15.5 Å². The molecule has 33 heavy (non-hydrogen) atoms. The van der Waals surface area contributed by atoms with Gasteiger partial charge in [-0.2, -0.15) is 4.31 Å². The number of piperazine rings is 1. The molecular weight excluding hydrogens is 460 g/mol. The fraction of sp³-hybridized carbons (Fsp3) is 0.458. The van der Waals surface area contributed by atoms with Gasteiger partial charge < -0.3 is 10.2 Å². The van der Waals surface area contributed by atoms with E-state index in [2.05, 4.69) is 34.3 Å². The highest BCUT2D eigenvalue weighted by Crippen LogP contribution is 2.23. The number of hydrogen-bond acceptors (Lipinski definition) is 5. The van der Waals surface area contributed by atoms with E-state index in [1.807, 2.05) is 12.1 Å². The zero-order chi connectivity index (χ0) is 24.0. The first-order valence-corrected chi connectivity index (χ1v) is 13.1. The predicted octanol–water partition coefficient (Wildman–Crippen LogP) is 3.05. The summed E-state index contributed by atoms with van der Waals surface area (Å²) in [5.74, 6) is -0.402. The Balaban J connectivity index is 1.67. The number of halogens is 1. The second kappa shape index (κ2) is 11.4. The fourth-order valence-corrected chi connectivity index (χ4v) is 5.62. The van der Waals surface area contributed by atoms with E-state index in [1.165, 1.54) is 28.1 Å². The summed E-state index contributed by atoms with van der Waals surface area (Å²) >= 11 is 6.24. The Bertz CT molecular complexity index is 1070. The van der Waals surface area contributed by atoms with Gasteiger partial charge >= 0.3 is 0 Å². The van der Waals surface area contributed by atoms with Crippen LogP contribution in [0.25, 0.3) is 0 Å². The first-order chi connectivity index (χ1) is 15.7. The van der Waals surface area contributed by atoms with E-state index in [0.29, 0.717) is 19.6 Å². The maximum Gasteiger partial charge on any atom is 0.253 e. The van der Waals surface area contributed by atoms with Crippen LogP contribution in [0.15, 0.2) is 47.4 Å². The number of amides is 1. The zero-order valence-electron chi connectivity index (χ0n) is 19.6. The number of sulfonamides is 1. The molecule has 2 aromatic carbocycles. The number of carbonyl (C=O) groups excluding carboxylic acids is 1. The van der Waals surface area contributed by atoms with Crippen molar-refractivity contribution < 1.29 is 13.2 Å². The van der Waals surface area contributed by atoms with Gasteiger partial charge in [0.05, 0.1) is 15.5 Å². The topological polar surface area (TPSA) is 73.0 Å². The minimum Gasteiger partial charge on any atom is -0.348 e. The van der Waals surface area contributed by atoms with Crippen molar-refractivity contribution in [3.8, 4) is 0 Å². The van der Waals surface area contributed by atoms with Gasteiger partial charge in [0.1, 0.15) is 0 Å². The van der Waals surface area contributed by atoms with Crippen LogP contribution in [0.2, 0.25) is 5.02 Å². The Morgan fingerprint density at radius 2 is 1.70 bits per heavy atom. The van der Waals surface area contributed by atoms with Crippen LogP contribution in [-0.4, -0.2) is 74.7 Å². The van der Waals surface area contributed by atoms with E-state index < -0.39 is 15.9 Å². The van der Waals surface area contributed by atoms with Crippen molar-refractivity contribution in [2.24, 2.45) is 0 Å². The maximum absolute atomic E-state index is 12.8. The third-order valence-electron chi connectivity index (χ3n) is 5.97. The van der Waals surface area contributed by atoms with Gasteiger partial charge in [0.2, 0.25) is 10.0 Å². The molecule has 0 atom stereocenters. The van der Waals surface area contributed by atoms with Crippen LogP contribution in [0.3, 0.4) is 0 Å². The lowest BCUT2D eigenvalue weighted by Gasteiger charge is -2.32. The smallest absolute Gasteiger partial charge is 0.253 e. The lowest BCUT2D eigenvalue weighted by atomic mass is 10.1. The quantitative estimate of drug-likeness (QED) is 0.582. The standard InChI is InChI=1S/C24H33ClN4O3S/c1-4-29(5-2)33(31,32)21-9-10-23(25)22(16-21)24(30)26-17-19-7-6-8-20(15-19)18-28-13-11-27(3)12-14-28/h6-10,15-16H,4-5,11-14,17-18H2,1-3H3,(H,26,30). The van der Waals surface area contributed by atoms with Crippen LogP contribution in [0.5, 0.6) is 0 Å². The molecule has 1 amide bonds. The SMILES string of the molecule is CCN(CC)S(=O)(=O)c1ccc(Cl)c(C(=O)NCc2cccc(CN3CCN(C)CC3)c2)c1. The van der Waals surface area contributed by atoms with Gasteiger partial charge in [-0.05, 0) is 36.4 Å². The number of carbonyl (C=O) groups is 1. The van der Waals surface area contributed by atoms with E-state index in [4.69, 9.17) is 11.6 Å². The molecule has 0 spiro atoms. The molecule has 0 radical (unpaired) electrons. The van der Waals surface area contributed by atoms with Crippen molar-refractivity contribution in [3.63, 3.8) is 0 Å². The molecule has 3 rings (SSSR count). The third kappa shape index (κ3) is 6.55. The molecule has 7 nitrogen and oxygen atoms in total. The highest BCUT2D eigenvalue weighted by molar-refractivity contribution is 7.89. The summed E-state index contributed by atoms with van der Waals surface area (Å²) in [5.41, 5.74) is 2.34. The average Bonchev–Trinajstić information content (AvgIpc) is 2.80. The van der Waals surface area contributed by atoms with E-state index in [1.54, 1.807) is 13.8 Å². The van der Waals surface area contributed by atoms with Crippen LogP contribution in [0, 0.1) is 0 Å². The van der Waals surface area contributed by atoms with Crippen LogP contribution in [0.1, 0.15) is 35.3 Å². The van der Waals surface area contributed by atoms with E-state index in [9.17, 15) is 13.2 Å². The Hall–Kier alpha value is -1.97. The molecule has 1 fully saturated rings. The Kier molecular flexibility index (Phi) is 8.89. The second-order valence-electron chi connectivity index (χ2n) is 8.31. The van der Waals surface area contributed by atoms with Gasteiger partial charge in [-0.1, -0.05) is 49.7 Å². The molecule has 1 N–H and O–H groups in total. The van der Waals surface area contributed by atoms with Gasteiger partial charge in [-0.15, -0.1) is 0 Å². The molecule has 2 aromatic rings. The van der Waals surface area contributed by atoms with Gasteiger partial charge in [-0.3, -0.25) is 9.69 Å². The van der Waals surface area contributed by atoms with Crippen molar-refractivity contribution in [1.82, 2.24) is 19.4 Å². The average molecular weight is 493 g/mol. The summed E-state index contributed by atoms with van der Waals surface area (Å²) in [7, 11) is -1.54. The number of hydrogen-bond donors (Lipinski definition) is 1. The lowest BCUT2D eigenvalue weighted by Crippen LogP contribution is -2.43. The zero-order valence-corrected chi connectivity index (χ0v) is 21.1. The summed E-state index contributed by atoms with van der Waals surface area (Å²) in [6, 6.07) is 12.4. The maximum atomic E-state index is 12.8. The first-order valence-electron chi connectivity index (χ1n) is 11.3. The first kappa shape index (κ1) is 25.6.